The van der Waals surface area contributed by atoms with Crippen LogP contribution in [0.2, 0.25) is 0 Å². The molecule has 0 aliphatic carbocycles. The van der Waals surface area contributed by atoms with Crippen LogP contribution in [0, 0.1) is 0 Å². The minimum Gasteiger partial charge on any atom is -0.248 e. The van der Waals surface area contributed by atoms with Gasteiger partial charge in [-0.2, -0.15) is 0 Å². The van der Waals surface area contributed by atoms with Crippen molar-refractivity contribution < 1.29 is 0 Å². The molecular weight excluding hydrogens is 410 g/mol. The van der Waals surface area contributed by atoms with E-state index in [9.17, 15) is 0 Å². The lowest BCUT2D eigenvalue weighted by Crippen LogP contribution is -1.91. The first-order valence-electron chi connectivity index (χ1n) is 11.7. The van der Waals surface area contributed by atoms with Gasteiger partial charge in [0.2, 0.25) is 0 Å². The van der Waals surface area contributed by atoms with Gasteiger partial charge in [0.1, 0.15) is 0 Å². The van der Waals surface area contributed by atoms with Crippen molar-refractivity contribution in [1.82, 2.24) is 4.98 Å². The lowest BCUT2D eigenvalue weighted by molar-refractivity contribution is 1.33. The minimum atomic E-state index is 0.991. The van der Waals surface area contributed by atoms with Crippen LogP contribution in [0.4, 0.5) is 0 Å². The largest absolute Gasteiger partial charge is 0.248 e. The van der Waals surface area contributed by atoms with Crippen LogP contribution in [-0.4, -0.2) is 4.98 Å². The van der Waals surface area contributed by atoms with E-state index < -0.39 is 0 Å². The number of fused-ring (bicyclic) bond motifs is 8. The van der Waals surface area contributed by atoms with Crippen LogP contribution < -0.4 is 0 Å². The zero-order chi connectivity index (χ0) is 22.5. The lowest BCUT2D eigenvalue weighted by atomic mass is 9.88. The van der Waals surface area contributed by atoms with Gasteiger partial charge >= 0.3 is 0 Å². The highest BCUT2D eigenvalue weighted by Crippen LogP contribution is 2.42. The van der Waals surface area contributed by atoms with Gasteiger partial charge in [-0.05, 0) is 61.3 Å². The first kappa shape index (κ1) is 19.0. The standard InChI is InChI=1S/C33H21N/c1-2-11-22(12-3-1)31-19-10-20-32(34-31)29-21-30-25-15-5-4-13-23(25)24-14-6-8-17-27(24)33(30)28-18-9-7-16-26(28)29/h1-21H. The van der Waals surface area contributed by atoms with Crippen molar-refractivity contribution in [2.24, 2.45) is 0 Å². The van der Waals surface area contributed by atoms with E-state index in [1.54, 1.807) is 0 Å². The molecule has 0 fully saturated rings. The van der Waals surface area contributed by atoms with Gasteiger partial charge in [0, 0.05) is 11.1 Å². The van der Waals surface area contributed by atoms with E-state index in [4.69, 9.17) is 4.98 Å². The predicted molar refractivity (Wildman–Crippen MR) is 145 cm³/mol. The first-order valence-corrected chi connectivity index (χ1v) is 11.7. The molecule has 0 N–H and O–H groups in total. The van der Waals surface area contributed by atoms with Crippen molar-refractivity contribution in [3.63, 3.8) is 0 Å². The number of hydrogen-bond donors (Lipinski definition) is 0. The fourth-order valence-corrected chi connectivity index (χ4v) is 5.33. The SMILES string of the molecule is c1ccc(-c2cccc(-c3cc4c5ccccc5c5ccccc5c4c4ccccc34)n2)cc1. The van der Waals surface area contributed by atoms with Crippen molar-refractivity contribution in [2.45, 2.75) is 0 Å². The van der Waals surface area contributed by atoms with Crippen molar-refractivity contribution >= 4 is 43.1 Å². The minimum absolute atomic E-state index is 0.991. The van der Waals surface area contributed by atoms with Crippen LogP contribution in [0.3, 0.4) is 0 Å². The fraction of sp³-hybridized carbons (Fsp3) is 0. The molecule has 0 bridgehead atoms. The number of hydrogen-bond acceptors (Lipinski definition) is 1. The van der Waals surface area contributed by atoms with Gasteiger partial charge in [-0.3, -0.25) is 0 Å². The third-order valence-electron chi connectivity index (χ3n) is 6.84. The summed E-state index contributed by atoms with van der Waals surface area (Å²) in [6.07, 6.45) is 0. The van der Waals surface area contributed by atoms with Crippen LogP contribution in [0.1, 0.15) is 0 Å². The van der Waals surface area contributed by atoms with E-state index in [1.165, 1.54) is 48.7 Å². The average molecular weight is 432 g/mol. The highest BCUT2D eigenvalue weighted by Gasteiger charge is 2.15. The Morgan fingerprint density at radius 3 is 1.56 bits per heavy atom. The average Bonchev–Trinajstić information content (AvgIpc) is 2.93. The Kier molecular flexibility index (Phi) is 4.22. The van der Waals surface area contributed by atoms with E-state index in [1.807, 2.05) is 6.07 Å². The summed E-state index contributed by atoms with van der Waals surface area (Å²) in [5.74, 6) is 0. The van der Waals surface area contributed by atoms with E-state index in [0.29, 0.717) is 0 Å². The maximum atomic E-state index is 5.11. The molecule has 1 heteroatoms. The summed E-state index contributed by atoms with van der Waals surface area (Å²) >= 11 is 0. The van der Waals surface area contributed by atoms with Crippen LogP contribution in [0.5, 0.6) is 0 Å². The van der Waals surface area contributed by atoms with E-state index in [-0.39, 0.29) is 0 Å². The highest BCUT2D eigenvalue weighted by atomic mass is 14.7. The van der Waals surface area contributed by atoms with Gasteiger partial charge in [0.05, 0.1) is 11.4 Å². The third kappa shape index (κ3) is 2.84. The van der Waals surface area contributed by atoms with Gasteiger partial charge in [0.25, 0.3) is 0 Å². The predicted octanol–water partition coefficient (Wildman–Crippen LogP) is 9.03. The molecule has 0 atom stereocenters. The second kappa shape index (κ2) is 7.54. The second-order valence-electron chi connectivity index (χ2n) is 8.76. The zero-order valence-electron chi connectivity index (χ0n) is 18.6. The number of pyridine rings is 1. The smallest absolute Gasteiger partial charge is 0.0715 e. The van der Waals surface area contributed by atoms with E-state index >= 15 is 0 Å². The molecule has 1 nitrogen and oxygen atoms in total. The van der Waals surface area contributed by atoms with Gasteiger partial charge in [0.15, 0.2) is 0 Å². The van der Waals surface area contributed by atoms with Gasteiger partial charge in [-0.15, -0.1) is 0 Å². The number of aromatic nitrogens is 1. The first-order chi connectivity index (χ1) is 16.9. The molecule has 1 heterocycles. The summed E-state index contributed by atoms with van der Waals surface area (Å²) in [7, 11) is 0. The van der Waals surface area contributed by atoms with Crippen LogP contribution >= 0.6 is 0 Å². The Balaban J connectivity index is 1.64. The quantitative estimate of drug-likeness (QED) is 0.249. The Bertz CT molecular complexity index is 1850. The van der Waals surface area contributed by atoms with Crippen molar-refractivity contribution in [2.75, 3.05) is 0 Å². The van der Waals surface area contributed by atoms with Crippen LogP contribution in [0.15, 0.2) is 127 Å². The molecule has 6 aromatic carbocycles. The molecule has 0 radical (unpaired) electrons. The Morgan fingerprint density at radius 1 is 0.353 bits per heavy atom. The van der Waals surface area contributed by atoms with E-state index in [0.717, 1.165) is 17.0 Å². The summed E-state index contributed by atoms with van der Waals surface area (Å²) in [5.41, 5.74) is 4.29. The second-order valence-corrected chi connectivity index (χ2v) is 8.76. The number of nitrogens with zero attached hydrogens (tertiary/aromatic N) is 1. The summed E-state index contributed by atoms with van der Waals surface area (Å²) in [5, 5.41) is 10.2. The molecule has 0 aliphatic heterocycles. The molecule has 0 amide bonds. The molecule has 0 saturated heterocycles. The summed E-state index contributed by atoms with van der Waals surface area (Å²) in [6, 6.07) is 45.4. The highest BCUT2D eigenvalue weighted by molar-refractivity contribution is 6.32. The molecule has 0 aliphatic rings. The summed E-state index contributed by atoms with van der Waals surface area (Å²) in [4.78, 5) is 5.11. The van der Waals surface area contributed by atoms with Crippen LogP contribution in [0.25, 0.3) is 65.6 Å². The maximum Gasteiger partial charge on any atom is 0.0715 e. The summed E-state index contributed by atoms with van der Waals surface area (Å²) in [6.45, 7) is 0. The van der Waals surface area contributed by atoms with Crippen LogP contribution in [-0.2, 0) is 0 Å². The third-order valence-corrected chi connectivity index (χ3v) is 6.84. The Morgan fingerprint density at radius 2 is 0.853 bits per heavy atom. The Labute approximate surface area is 197 Å². The molecule has 34 heavy (non-hydrogen) atoms. The molecule has 0 saturated carbocycles. The number of rotatable bonds is 2. The molecule has 1 aromatic heterocycles. The van der Waals surface area contributed by atoms with Crippen molar-refractivity contribution in [1.29, 1.82) is 0 Å². The van der Waals surface area contributed by atoms with Gasteiger partial charge < -0.3 is 0 Å². The topological polar surface area (TPSA) is 12.9 Å². The summed E-state index contributed by atoms with van der Waals surface area (Å²) < 4.78 is 0. The molecule has 0 spiro atoms. The molecular formula is C33H21N. The molecule has 158 valence electrons. The molecule has 7 rings (SSSR count). The van der Waals surface area contributed by atoms with Gasteiger partial charge in [-0.25, -0.2) is 4.98 Å². The van der Waals surface area contributed by atoms with Crippen molar-refractivity contribution in [3.05, 3.63) is 127 Å². The van der Waals surface area contributed by atoms with E-state index in [2.05, 4.69) is 121 Å². The molecule has 7 aromatic rings. The normalized spacial score (nSPS) is 11.5. The Hall–Kier alpha value is -4.49. The maximum absolute atomic E-state index is 5.11. The van der Waals surface area contributed by atoms with Gasteiger partial charge in [-0.1, -0.05) is 109 Å². The monoisotopic (exact) mass is 431 g/mol. The molecule has 0 unspecified atom stereocenters. The number of benzene rings is 6. The fourth-order valence-electron chi connectivity index (χ4n) is 5.33. The lowest BCUT2D eigenvalue weighted by Gasteiger charge is -2.16. The van der Waals surface area contributed by atoms with Crippen molar-refractivity contribution in [3.8, 4) is 22.5 Å². The zero-order valence-corrected chi connectivity index (χ0v) is 18.6.